The highest BCUT2D eigenvalue weighted by Gasteiger charge is 2.39. The van der Waals surface area contributed by atoms with Crippen LogP contribution in [0.4, 0.5) is 43.4 Å². The number of fused-ring (bicyclic) bond motifs is 2. The van der Waals surface area contributed by atoms with Crippen LogP contribution in [0.5, 0.6) is 11.5 Å². The molecule has 3 aromatic carbocycles. The molecule has 0 bridgehead atoms. The molecule has 0 spiro atoms. The number of para-hydroxylation sites is 4. The zero-order chi connectivity index (χ0) is 34.8. The molecule has 2 aliphatic heterocycles. The Kier molecular flexibility index (Phi) is 12.5. The Labute approximate surface area is 266 Å². The van der Waals surface area contributed by atoms with E-state index in [0.717, 1.165) is 25.2 Å². The molecule has 17 heteroatoms. The average Bonchev–Trinajstić information content (AvgIpc) is 3.02. The molecule has 3 N–H and O–H groups in total. The monoisotopic (exact) mass is 691 g/mol. The summed E-state index contributed by atoms with van der Waals surface area (Å²) >= 11 is 0. The van der Waals surface area contributed by atoms with Gasteiger partial charge in [0, 0.05) is 12.2 Å². The average molecular weight is 692 g/mol. The van der Waals surface area contributed by atoms with Crippen LogP contribution in [0.15, 0.2) is 77.7 Å². The number of hydrogen-bond donors (Lipinski definition) is 3. The highest BCUT2D eigenvalue weighted by atomic mass is 32.2. The second-order valence-electron chi connectivity index (χ2n) is 10.1. The summed E-state index contributed by atoms with van der Waals surface area (Å²) < 4.78 is 98.2. The summed E-state index contributed by atoms with van der Waals surface area (Å²) in [7, 11) is -3.83. The molecule has 256 valence electrons. The lowest BCUT2D eigenvalue weighted by Gasteiger charge is -2.31. The summed E-state index contributed by atoms with van der Waals surface area (Å²) in [5, 5.41) is 17.7. The van der Waals surface area contributed by atoms with Crippen molar-refractivity contribution in [1.82, 2.24) is 4.90 Å². The molecular formula is C30H31F6N3O7S. The van der Waals surface area contributed by atoms with Gasteiger partial charge in [-0.25, -0.2) is 22.3 Å². The number of rotatable bonds is 7. The van der Waals surface area contributed by atoms with Crippen LogP contribution < -0.4 is 14.4 Å². The lowest BCUT2D eigenvalue weighted by atomic mass is 10.1. The number of hydrogen-bond acceptors (Lipinski definition) is 7. The van der Waals surface area contributed by atoms with Gasteiger partial charge in [0.05, 0.1) is 4.90 Å². The van der Waals surface area contributed by atoms with E-state index < -0.39 is 34.3 Å². The fourth-order valence-electron chi connectivity index (χ4n) is 4.50. The van der Waals surface area contributed by atoms with E-state index in [9.17, 15) is 34.8 Å². The fourth-order valence-corrected chi connectivity index (χ4v) is 6.01. The van der Waals surface area contributed by atoms with Crippen LogP contribution in [0.3, 0.4) is 0 Å². The van der Waals surface area contributed by atoms with E-state index in [2.05, 4.69) is 10.2 Å². The molecule has 0 atom stereocenters. The van der Waals surface area contributed by atoms with Gasteiger partial charge in [-0.2, -0.15) is 26.3 Å². The normalized spacial score (nSPS) is 14.6. The first-order chi connectivity index (χ1) is 22.0. The summed E-state index contributed by atoms with van der Waals surface area (Å²) in [6, 6.07) is 21.4. The second-order valence-corrected chi connectivity index (χ2v) is 11.9. The van der Waals surface area contributed by atoms with Crippen molar-refractivity contribution in [3.05, 3.63) is 72.8 Å². The highest BCUT2D eigenvalue weighted by Crippen LogP contribution is 2.48. The number of carboxylic acids is 2. The molecule has 0 aliphatic carbocycles. The minimum atomic E-state index is -5.08. The van der Waals surface area contributed by atoms with Gasteiger partial charge in [-0.1, -0.05) is 30.7 Å². The van der Waals surface area contributed by atoms with E-state index in [-0.39, 0.29) is 4.90 Å². The van der Waals surface area contributed by atoms with Crippen molar-refractivity contribution >= 4 is 39.0 Å². The second kappa shape index (κ2) is 15.9. The zero-order valence-electron chi connectivity index (χ0n) is 24.6. The third-order valence-corrected chi connectivity index (χ3v) is 8.44. The predicted molar refractivity (Wildman–Crippen MR) is 160 cm³/mol. The Balaban J connectivity index is 0.000000360. The number of alkyl halides is 6. The number of carbonyl (C=O) groups is 2. The zero-order valence-corrected chi connectivity index (χ0v) is 25.4. The molecule has 2 aliphatic rings. The lowest BCUT2D eigenvalue weighted by Crippen LogP contribution is -2.31. The number of halogens is 6. The Morgan fingerprint density at radius 1 is 0.745 bits per heavy atom. The molecular weight excluding hydrogens is 660 g/mol. The Hall–Kier alpha value is -4.51. The molecule has 2 heterocycles. The minimum absolute atomic E-state index is 0.243. The summed E-state index contributed by atoms with van der Waals surface area (Å²) in [5.41, 5.74) is 1.95. The molecule has 0 saturated carbocycles. The van der Waals surface area contributed by atoms with Crippen molar-refractivity contribution in [2.75, 3.05) is 35.8 Å². The smallest absolute Gasteiger partial charge is 0.475 e. The molecule has 0 unspecified atom stereocenters. The van der Waals surface area contributed by atoms with Crippen LogP contribution in [-0.2, 0) is 19.6 Å². The van der Waals surface area contributed by atoms with Crippen molar-refractivity contribution in [1.29, 1.82) is 0 Å². The van der Waals surface area contributed by atoms with E-state index >= 15 is 0 Å². The molecule has 10 nitrogen and oxygen atoms in total. The number of piperidine rings is 1. The largest absolute Gasteiger partial charge is 0.490 e. The van der Waals surface area contributed by atoms with Crippen molar-refractivity contribution in [3.63, 3.8) is 0 Å². The predicted octanol–water partition coefficient (Wildman–Crippen LogP) is 6.87. The van der Waals surface area contributed by atoms with Gasteiger partial charge >= 0.3 is 24.3 Å². The van der Waals surface area contributed by atoms with E-state index in [4.69, 9.17) is 24.5 Å². The van der Waals surface area contributed by atoms with Crippen molar-refractivity contribution in [3.8, 4) is 11.5 Å². The number of nitrogens with zero attached hydrogens (tertiary/aromatic N) is 2. The number of likely N-dealkylation sites (tertiary alicyclic amines) is 1. The third-order valence-electron chi connectivity index (χ3n) is 6.69. The number of anilines is 3. The van der Waals surface area contributed by atoms with Gasteiger partial charge < -0.3 is 25.2 Å². The van der Waals surface area contributed by atoms with E-state index in [1.54, 1.807) is 36.4 Å². The van der Waals surface area contributed by atoms with Gasteiger partial charge in [-0.15, -0.1) is 0 Å². The number of sulfonamides is 1. The standard InChI is InChI=1S/C26H29N3O3S.2C2HF3O2/c30-33(31,29-23-9-2-4-11-25(23)32-26-12-5-3-10-24(26)29)22-15-13-21(14-16-22)27-17-8-20-28-18-6-1-7-19-28;2*3-2(4,5)1(6)7/h2-5,9-16,27H,1,6-8,17-20H2;2*(H,6,7). The SMILES string of the molecule is O=C(O)C(F)(F)F.O=C(O)C(F)(F)F.O=S(=O)(c1ccc(NCCCN2CCCCC2)cc1)N1c2ccccc2Oc2ccccc21. The molecule has 0 aromatic heterocycles. The first-order valence-electron chi connectivity index (χ1n) is 14.1. The fraction of sp³-hybridized carbons (Fsp3) is 0.333. The molecule has 5 rings (SSSR count). The molecule has 1 fully saturated rings. The number of ether oxygens (including phenoxy) is 1. The van der Waals surface area contributed by atoms with Crippen LogP contribution in [0, 0.1) is 0 Å². The number of carboxylic acid groups (broad SMARTS) is 2. The van der Waals surface area contributed by atoms with Crippen molar-refractivity contribution in [2.45, 2.75) is 42.9 Å². The van der Waals surface area contributed by atoms with Gasteiger partial charge in [0.15, 0.2) is 11.5 Å². The van der Waals surface area contributed by atoms with Crippen LogP contribution in [0.2, 0.25) is 0 Å². The Bertz CT molecular complexity index is 1540. The topological polar surface area (TPSA) is 136 Å². The van der Waals surface area contributed by atoms with Gasteiger partial charge in [0.25, 0.3) is 10.0 Å². The van der Waals surface area contributed by atoms with Gasteiger partial charge in [0.2, 0.25) is 0 Å². The number of benzene rings is 3. The molecule has 0 amide bonds. The lowest BCUT2D eigenvalue weighted by molar-refractivity contribution is -0.193. The summed E-state index contributed by atoms with van der Waals surface area (Å²) in [5.74, 6) is -4.47. The van der Waals surface area contributed by atoms with Crippen LogP contribution in [0.25, 0.3) is 0 Å². The quantitative estimate of drug-likeness (QED) is 0.179. The van der Waals surface area contributed by atoms with E-state index in [1.165, 1.54) is 36.7 Å². The maximum Gasteiger partial charge on any atom is 0.490 e. The van der Waals surface area contributed by atoms with Crippen LogP contribution in [-0.4, -0.2) is 74.0 Å². The first-order valence-corrected chi connectivity index (χ1v) is 15.5. The summed E-state index contributed by atoms with van der Waals surface area (Å²) in [6.45, 7) is 4.39. The third kappa shape index (κ3) is 10.5. The molecule has 3 aromatic rings. The molecule has 47 heavy (non-hydrogen) atoms. The van der Waals surface area contributed by atoms with Gasteiger partial charge in [-0.05, 0) is 87.4 Å². The van der Waals surface area contributed by atoms with Crippen molar-refractivity contribution in [2.24, 2.45) is 0 Å². The maximum absolute atomic E-state index is 13.7. The van der Waals surface area contributed by atoms with Crippen LogP contribution in [0.1, 0.15) is 25.7 Å². The van der Waals surface area contributed by atoms with Gasteiger partial charge in [-0.3, -0.25) is 0 Å². The van der Waals surface area contributed by atoms with E-state index in [1.807, 2.05) is 36.4 Å². The first kappa shape index (κ1) is 37.0. The minimum Gasteiger partial charge on any atom is -0.475 e. The maximum atomic E-state index is 13.7. The Morgan fingerprint density at radius 2 is 1.19 bits per heavy atom. The highest BCUT2D eigenvalue weighted by molar-refractivity contribution is 7.93. The molecule has 1 saturated heterocycles. The van der Waals surface area contributed by atoms with Crippen molar-refractivity contribution < 1.29 is 59.3 Å². The Morgan fingerprint density at radius 3 is 1.64 bits per heavy atom. The van der Waals surface area contributed by atoms with Crippen LogP contribution >= 0.6 is 0 Å². The molecule has 0 radical (unpaired) electrons. The number of nitrogens with one attached hydrogen (secondary N) is 1. The number of aliphatic carboxylic acids is 2. The van der Waals surface area contributed by atoms with E-state index in [0.29, 0.717) is 22.9 Å². The van der Waals surface area contributed by atoms with Gasteiger partial charge in [0.1, 0.15) is 11.4 Å². The summed E-state index contributed by atoms with van der Waals surface area (Å²) in [4.78, 5) is 20.6. The summed E-state index contributed by atoms with van der Waals surface area (Å²) in [6.07, 6.45) is -5.13.